The van der Waals surface area contributed by atoms with Crippen molar-refractivity contribution >= 4 is 28.4 Å². The van der Waals surface area contributed by atoms with E-state index in [-0.39, 0.29) is 27.7 Å². The van der Waals surface area contributed by atoms with Gasteiger partial charge in [-0.05, 0) is 73.2 Å². The van der Waals surface area contributed by atoms with Crippen molar-refractivity contribution in [2.24, 2.45) is 23.7 Å². The molecule has 222 valence electrons. The van der Waals surface area contributed by atoms with Crippen molar-refractivity contribution in [3.8, 4) is 11.5 Å². The van der Waals surface area contributed by atoms with E-state index < -0.39 is 34.4 Å². The predicted molar refractivity (Wildman–Crippen MR) is 161 cm³/mol. The van der Waals surface area contributed by atoms with Crippen molar-refractivity contribution in [3.63, 3.8) is 0 Å². The normalized spacial score (nSPS) is 20.8. The van der Waals surface area contributed by atoms with Crippen LogP contribution in [-0.2, 0) is 13.6 Å². The van der Waals surface area contributed by atoms with Crippen LogP contribution in [0, 0.1) is 23.7 Å². The summed E-state index contributed by atoms with van der Waals surface area (Å²) >= 11 is 0. The zero-order valence-electron chi connectivity index (χ0n) is 26.3. The first-order valence-corrected chi connectivity index (χ1v) is 19.9. The zero-order chi connectivity index (χ0) is 30.0. The molecule has 0 bridgehead atoms. The molecular weight excluding hydrogens is 528 g/mol. The topological polar surface area (TPSA) is 91.3 Å². The maximum atomic E-state index is 14.2. The molecule has 9 heteroatoms. The summed E-state index contributed by atoms with van der Waals surface area (Å²) in [4.78, 5) is 26.6. The summed E-state index contributed by atoms with van der Waals surface area (Å²) in [7, 11) is -1.12. The van der Waals surface area contributed by atoms with E-state index in [0.717, 1.165) is 0 Å². The quantitative estimate of drug-likeness (QED) is 0.205. The number of carboxylic acid groups (broad SMARTS) is 1. The number of ether oxygens (including phenoxy) is 2. The highest BCUT2D eigenvalue weighted by Crippen LogP contribution is 2.47. The highest BCUT2D eigenvalue weighted by Gasteiger charge is 2.50. The Morgan fingerprint density at radius 2 is 1.41 bits per heavy atom. The second kappa shape index (κ2) is 12.4. The summed E-state index contributed by atoms with van der Waals surface area (Å²) < 4.78 is 24.3. The number of Topliss-reactive ketones (excluding diaryl/α,β-unsaturated/α-hetero) is 1. The summed E-state index contributed by atoms with van der Waals surface area (Å²) in [5.41, 5.74) is 0.356. The maximum Gasteiger partial charge on any atom is 0.307 e. The number of hydrogen-bond donors (Lipinski definition) is 1. The first-order valence-electron chi connectivity index (χ1n) is 14.0. The molecule has 2 rings (SSSR count). The largest absolute Gasteiger partial charge is 0.497 e. The van der Waals surface area contributed by atoms with Gasteiger partial charge in [0.15, 0.2) is 22.4 Å². The molecule has 1 fully saturated rings. The number of methoxy groups -OCH3 is 2. The molecule has 0 aliphatic heterocycles. The molecule has 3 unspecified atom stereocenters. The van der Waals surface area contributed by atoms with Gasteiger partial charge in [-0.25, -0.2) is 0 Å². The standard InChI is InChI=1S/C30H52O7Si2/c1-29(2,3)38(9,10)36-18-20(19-37-39(11,12)30(4,5)6)22-14-15-23(28(32)33)26(22)27(31)24-17-21(34-7)13-16-25(24)35-8/h13,16-17,20,22-23,26H,14-15,18-19H2,1-12H3,(H,32,33). The Labute approximate surface area is 238 Å². The van der Waals surface area contributed by atoms with Crippen LogP contribution < -0.4 is 9.47 Å². The summed E-state index contributed by atoms with van der Waals surface area (Å²) in [6, 6.07) is 5.09. The lowest BCUT2D eigenvalue weighted by molar-refractivity contribution is -0.142. The lowest BCUT2D eigenvalue weighted by atomic mass is 9.77. The smallest absolute Gasteiger partial charge is 0.307 e. The Morgan fingerprint density at radius 3 is 1.82 bits per heavy atom. The van der Waals surface area contributed by atoms with Crippen LogP contribution in [0.5, 0.6) is 11.5 Å². The van der Waals surface area contributed by atoms with Crippen molar-refractivity contribution in [2.75, 3.05) is 27.4 Å². The van der Waals surface area contributed by atoms with E-state index in [0.29, 0.717) is 43.1 Å². The van der Waals surface area contributed by atoms with Crippen molar-refractivity contribution < 1.29 is 33.0 Å². The molecule has 39 heavy (non-hydrogen) atoms. The lowest BCUT2D eigenvalue weighted by Gasteiger charge is -2.41. The van der Waals surface area contributed by atoms with Gasteiger partial charge in [0.25, 0.3) is 0 Å². The molecule has 0 radical (unpaired) electrons. The van der Waals surface area contributed by atoms with Gasteiger partial charge in [-0.2, -0.15) is 0 Å². The van der Waals surface area contributed by atoms with Crippen LogP contribution in [0.2, 0.25) is 36.3 Å². The van der Waals surface area contributed by atoms with Gasteiger partial charge in [0.2, 0.25) is 0 Å². The summed E-state index contributed by atoms with van der Waals surface area (Å²) in [6.45, 7) is 23.0. The fourth-order valence-electron chi connectivity index (χ4n) is 4.76. The van der Waals surface area contributed by atoms with Crippen LogP contribution in [0.1, 0.15) is 64.7 Å². The fraction of sp³-hybridized carbons (Fsp3) is 0.733. The van der Waals surface area contributed by atoms with Crippen molar-refractivity contribution in [1.29, 1.82) is 0 Å². The van der Waals surface area contributed by atoms with Gasteiger partial charge in [0.1, 0.15) is 11.5 Å². The molecule has 3 atom stereocenters. The van der Waals surface area contributed by atoms with Gasteiger partial charge in [-0.15, -0.1) is 0 Å². The van der Waals surface area contributed by atoms with Gasteiger partial charge < -0.3 is 23.4 Å². The van der Waals surface area contributed by atoms with E-state index in [1.165, 1.54) is 7.11 Å². The first-order chi connectivity index (χ1) is 17.8. The molecule has 1 aromatic rings. The summed E-state index contributed by atoms with van der Waals surface area (Å²) in [6.07, 6.45) is 1.07. The van der Waals surface area contributed by atoms with E-state index in [4.69, 9.17) is 18.3 Å². The van der Waals surface area contributed by atoms with Crippen LogP contribution in [0.15, 0.2) is 18.2 Å². The molecule has 1 aliphatic carbocycles. The molecule has 1 saturated carbocycles. The molecule has 0 spiro atoms. The van der Waals surface area contributed by atoms with Crippen LogP contribution >= 0.6 is 0 Å². The van der Waals surface area contributed by atoms with Crippen LogP contribution in [0.3, 0.4) is 0 Å². The SMILES string of the molecule is COc1ccc(OC)c(C(=O)C2C(C(=O)O)CCC2C(CO[Si](C)(C)C(C)(C)C)CO[Si](C)(C)C(C)(C)C)c1. The third-order valence-corrected chi connectivity index (χ3v) is 18.5. The lowest BCUT2D eigenvalue weighted by Crippen LogP contribution is -2.46. The Hall–Kier alpha value is -1.69. The second-order valence-electron chi connectivity index (χ2n) is 14.0. The van der Waals surface area contributed by atoms with Gasteiger partial charge in [0, 0.05) is 25.0 Å². The molecule has 0 saturated heterocycles. The third kappa shape index (κ3) is 7.74. The number of carbonyl (C=O) groups is 2. The maximum absolute atomic E-state index is 14.2. The Kier molecular flexibility index (Phi) is 10.7. The van der Waals surface area contributed by atoms with E-state index >= 15 is 0 Å². The monoisotopic (exact) mass is 580 g/mol. The van der Waals surface area contributed by atoms with E-state index in [1.807, 2.05) is 0 Å². The minimum absolute atomic E-state index is 0.0281. The molecule has 1 N–H and O–H groups in total. The number of carboxylic acids is 1. The summed E-state index contributed by atoms with van der Waals surface area (Å²) in [5.74, 6) is -1.99. The molecule has 1 aromatic carbocycles. The van der Waals surface area contributed by atoms with Gasteiger partial charge in [0.05, 0.1) is 25.7 Å². The van der Waals surface area contributed by atoms with Gasteiger partial charge in [-0.3, -0.25) is 9.59 Å². The fourth-order valence-corrected chi connectivity index (χ4v) is 6.89. The Morgan fingerprint density at radius 1 is 0.897 bits per heavy atom. The highest BCUT2D eigenvalue weighted by molar-refractivity contribution is 6.74. The second-order valence-corrected chi connectivity index (χ2v) is 23.7. The predicted octanol–water partition coefficient (Wildman–Crippen LogP) is 7.27. The number of hydrogen-bond acceptors (Lipinski definition) is 6. The number of rotatable bonds is 12. The van der Waals surface area contributed by atoms with Gasteiger partial charge >= 0.3 is 5.97 Å². The first kappa shape index (κ1) is 33.5. The molecule has 7 nitrogen and oxygen atoms in total. The summed E-state index contributed by atoms with van der Waals surface area (Å²) in [5, 5.41) is 10.2. The molecule has 0 aromatic heterocycles. The molecular formula is C30H52O7Si2. The van der Waals surface area contributed by atoms with Crippen molar-refractivity contribution in [1.82, 2.24) is 0 Å². The van der Waals surface area contributed by atoms with Crippen molar-refractivity contribution in [2.45, 2.75) is 90.6 Å². The van der Waals surface area contributed by atoms with Crippen LogP contribution in [-0.4, -0.2) is 60.9 Å². The highest BCUT2D eigenvalue weighted by atomic mass is 28.4. The van der Waals surface area contributed by atoms with Crippen molar-refractivity contribution in [3.05, 3.63) is 23.8 Å². The number of aliphatic carboxylic acids is 1. The zero-order valence-corrected chi connectivity index (χ0v) is 28.3. The molecule has 0 heterocycles. The molecule has 0 amide bonds. The Balaban J connectivity index is 2.53. The van der Waals surface area contributed by atoms with E-state index in [9.17, 15) is 14.7 Å². The minimum atomic E-state index is -2.09. The Bertz CT molecular complexity index is 978. The van der Waals surface area contributed by atoms with E-state index in [2.05, 4.69) is 67.7 Å². The van der Waals surface area contributed by atoms with Crippen LogP contribution in [0.25, 0.3) is 0 Å². The third-order valence-electron chi connectivity index (χ3n) is 9.53. The van der Waals surface area contributed by atoms with Gasteiger partial charge in [-0.1, -0.05) is 41.5 Å². The number of benzene rings is 1. The van der Waals surface area contributed by atoms with Crippen LogP contribution in [0.4, 0.5) is 0 Å². The number of carbonyl (C=O) groups excluding carboxylic acids is 1. The average Bonchev–Trinajstić information content (AvgIpc) is 3.27. The number of ketones is 1. The molecule has 1 aliphatic rings. The minimum Gasteiger partial charge on any atom is -0.497 e. The average molecular weight is 581 g/mol. The van der Waals surface area contributed by atoms with E-state index in [1.54, 1.807) is 25.3 Å².